The van der Waals surface area contributed by atoms with Crippen LogP contribution in [0.15, 0.2) is 24.3 Å². The van der Waals surface area contributed by atoms with Gasteiger partial charge in [0.05, 0.1) is 7.11 Å². The number of hydrogen-bond donors (Lipinski definition) is 1. The highest BCUT2D eigenvalue weighted by Crippen LogP contribution is 2.32. The highest BCUT2D eigenvalue weighted by atomic mass is 35.5. The van der Waals surface area contributed by atoms with E-state index in [4.69, 9.17) is 27.9 Å². The minimum absolute atomic E-state index is 0.635. The Morgan fingerprint density at radius 3 is 2.22 bits per heavy atom. The fraction of sp³-hybridized carbons (Fsp3) is 0.417. The van der Waals surface area contributed by atoms with Gasteiger partial charge in [-0.25, -0.2) is 4.79 Å². The van der Waals surface area contributed by atoms with Crippen molar-refractivity contribution in [2.45, 2.75) is 17.5 Å². The zero-order valence-corrected chi connectivity index (χ0v) is 11.9. The predicted molar refractivity (Wildman–Crippen MR) is 70.9 cm³/mol. The molecule has 0 spiro atoms. The lowest BCUT2D eigenvalue weighted by atomic mass is 10.0. The third-order valence-electron chi connectivity index (χ3n) is 2.58. The van der Waals surface area contributed by atoms with Crippen LogP contribution in [0.1, 0.15) is 11.1 Å². The van der Waals surface area contributed by atoms with E-state index in [0.717, 1.165) is 5.56 Å². The Kier molecular flexibility index (Phi) is 5.26. The molecule has 4 nitrogen and oxygen atoms in total. The number of alkyl halides is 2. The first-order valence-corrected chi connectivity index (χ1v) is 6.10. The molecule has 1 aromatic carbocycles. The van der Waals surface area contributed by atoms with Crippen molar-refractivity contribution in [1.82, 2.24) is 5.32 Å². The van der Waals surface area contributed by atoms with Gasteiger partial charge in [-0.2, -0.15) is 0 Å². The van der Waals surface area contributed by atoms with E-state index in [2.05, 4.69) is 10.1 Å². The average molecular weight is 292 g/mol. The zero-order chi connectivity index (χ0) is 13.8. The monoisotopic (exact) mass is 291 g/mol. The summed E-state index contributed by atoms with van der Waals surface area (Å²) in [4.78, 5) is 10.4. The molecule has 0 saturated heterocycles. The number of carbonyl (C=O) groups excluding carboxylic acids is 1. The van der Waals surface area contributed by atoms with Crippen LogP contribution < -0.4 is 5.32 Å². The number of nitrogens with one attached hydrogen (secondary N) is 1. The van der Waals surface area contributed by atoms with E-state index in [1.54, 1.807) is 12.1 Å². The van der Waals surface area contributed by atoms with Crippen molar-refractivity contribution < 1.29 is 14.3 Å². The molecule has 0 aliphatic heterocycles. The molecule has 1 rings (SSSR count). The van der Waals surface area contributed by atoms with E-state index in [1.807, 2.05) is 19.1 Å². The quantitative estimate of drug-likeness (QED) is 0.685. The lowest BCUT2D eigenvalue weighted by molar-refractivity contribution is -0.0300. The number of benzene rings is 1. The number of alkyl carbamates (subject to hydrolysis) is 1. The van der Waals surface area contributed by atoms with Crippen LogP contribution in [0, 0.1) is 6.92 Å². The van der Waals surface area contributed by atoms with E-state index in [0.29, 0.717) is 5.56 Å². The Balaban J connectivity index is 3.18. The second kappa shape index (κ2) is 6.27. The van der Waals surface area contributed by atoms with Crippen LogP contribution in [0.2, 0.25) is 0 Å². The van der Waals surface area contributed by atoms with Gasteiger partial charge in [0.1, 0.15) is 0 Å². The molecular weight excluding hydrogens is 277 g/mol. The molecule has 6 heteroatoms. The standard InChI is InChI=1S/C12H15Cl2NO3/c1-8-4-6-9(7-5-8)12(18-3,10(13)14)15-11(16)17-2/h4-7,10H,1-3H3,(H,15,16). The highest BCUT2D eigenvalue weighted by Gasteiger charge is 2.41. The molecule has 0 saturated carbocycles. The molecule has 0 heterocycles. The van der Waals surface area contributed by atoms with Gasteiger partial charge in [0.25, 0.3) is 0 Å². The topological polar surface area (TPSA) is 47.6 Å². The Bertz CT molecular complexity index is 408. The van der Waals surface area contributed by atoms with Crippen LogP contribution in [0.5, 0.6) is 0 Å². The van der Waals surface area contributed by atoms with Crippen molar-refractivity contribution in [1.29, 1.82) is 0 Å². The Hall–Kier alpha value is -0.970. The predicted octanol–water partition coefficient (Wildman–Crippen LogP) is 2.95. The maximum atomic E-state index is 11.4. The van der Waals surface area contributed by atoms with Gasteiger partial charge in [0, 0.05) is 12.7 Å². The number of hydrogen-bond acceptors (Lipinski definition) is 3. The summed E-state index contributed by atoms with van der Waals surface area (Å²) in [7, 11) is 2.66. The largest absolute Gasteiger partial charge is 0.453 e. The molecule has 1 aromatic rings. The van der Waals surface area contributed by atoms with Gasteiger partial charge in [-0.3, -0.25) is 5.32 Å². The number of methoxy groups -OCH3 is 2. The first-order chi connectivity index (χ1) is 8.46. The van der Waals surface area contributed by atoms with Crippen LogP contribution in [0.3, 0.4) is 0 Å². The van der Waals surface area contributed by atoms with Crippen LogP contribution in [-0.2, 0) is 15.2 Å². The van der Waals surface area contributed by atoms with Gasteiger partial charge in [0.2, 0.25) is 0 Å². The molecule has 1 amide bonds. The van der Waals surface area contributed by atoms with Gasteiger partial charge in [-0.1, -0.05) is 53.0 Å². The molecule has 0 aromatic heterocycles. The molecule has 1 atom stereocenters. The van der Waals surface area contributed by atoms with Crippen LogP contribution in [0.4, 0.5) is 4.79 Å². The molecule has 1 unspecified atom stereocenters. The first-order valence-electron chi connectivity index (χ1n) is 5.23. The number of aryl methyl sites for hydroxylation is 1. The van der Waals surface area contributed by atoms with Crippen LogP contribution in [-0.4, -0.2) is 25.1 Å². The number of ether oxygens (including phenoxy) is 2. The SMILES string of the molecule is COC(=O)NC(OC)(c1ccc(C)cc1)C(Cl)Cl. The zero-order valence-electron chi connectivity index (χ0n) is 10.4. The molecule has 0 aliphatic rings. The molecule has 0 radical (unpaired) electrons. The van der Waals surface area contributed by atoms with Crippen molar-refractivity contribution in [2.24, 2.45) is 0 Å². The fourth-order valence-corrected chi connectivity index (χ4v) is 2.05. The number of rotatable bonds is 4. The molecule has 0 fully saturated rings. The maximum absolute atomic E-state index is 11.4. The number of halogens is 2. The lowest BCUT2D eigenvalue weighted by Gasteiger charge is -2.34. The Morgan fingerprint density at radius 1 is 1.28 bits per heavy atom. The minimum Gasteiger partial charge on any atom is -0.453 e. The summed E-state index contributed by atoms with van der Waals surface area (Å²) in [6, 6.07) is 7.31. The van der Waals surface area contributed by atoms with Crippen molar-refractivity contribution in [2.75, 3.05) is 14.2 Å². The molecule has 0 bridgehead atoms. The van der Waals surface area contributed by atoms with Crippen molar-refractivity contribution in [3.05, 3.63) is 35.4 Å². The number of amides is 1. The van der Waals surface area contributed by atoms with Gasteiger partial charge in [0.15, 0.2) is 10.6 Å². The molecule has 18 heavy (non-hydrogen) atoms. The molecule has 0 aliphatic carbocycles. The average Bonchev–Trinajstić information content (AvgIpc) is 2.36. The summed E-state index contributed by atoms with van der Waals surface area (Å²) in [6.45, 7) is 1.95. The van der Waals surface area contributed by atoms with E-state index < -0.39 is 16.7 Å². The fourth-order valence-electron chi connectivity index (χ4n) is 1.51. The van der Waals surface area contributed by atoms with Gasteiger partial charge in [-0.05, 0) is 6.92 Å². The molecule has 100 valence electrons. The maximum Gasteiger partial charge on any atom is 0.409 e. The normalized spacial score (nSPS) is 14.1. The van der Waals surface area contributed by atoms with Crippen LogP contribution >= 0.6 is 23.2 Å². The van der Waals surface area contributed by atoms with Gasteiger partial charge in [-0.15, -0.1) is 0 Å². The van der Waals surface area contributed by atoms with Crippen molar-refractivity contribution in [3.8, 4) is 0 Å². The summed E-state index contributed by atoms with van der Waals surface area (Å²) >= 11 is 11.9. The van der Waals surface area contributed by atoms with Crippen molar-refractivity contribution in [3.63, 3.8) is 0 Å². The van der Waals surface area contributed by atoms with E-state index >= 15 is 0 Å². The van der Waals surface area contributed by atoms with E-state index in [-0.39, 0.29) is 0 Å². The third kappa shape index (κ3) is 3.07. The summed E-state index contributed by atoms with van der Waals surface area (Å²) in [6.07, 6.45) is -0.677. The molecular formula is C12H15Cl2NO3. The summed E-state index contributed by atoms with van der Waals surface area (Å²) in [5.74, 6) is 0. The van der Waals surface area contributed by atoms with Crippen LogP contribution in [0.25, 0.3) is 0 Å². The Morgan fingerprint density at radius 2 is 1.83 bits per heavy atom. The second-order valence-corrected chi connectivity index (χ2v) is 4.82. The summed E-state index contributed by atoms with van der Waals surface area (Å²) in [5, 5.41) is 2.52. The lowest BCUT2D eigenvalue weighted by Crippen LogP contribution is -2.52. The Labute approximate surface area is 116 Å². The third-order valence-corrected chi connectivity index (χ3v) is 3.20. The van der Waals surface area contributed by atoms with Crippen molar-refractivity contribution >= 4 is 29.3 Å². The minimum atomic E-state index is -1.34. The van der Waals surface area contributed by atoms with Gasteiger partial charge >= 0.3 is 6.09 Å². The smallest absolute Gasteiger partial charge is 0.409 e. The van der Waals surface area contributed by atoms with Gasteiger partial charge < -0.3 is 9.47 Å². The number of carbonyl (C=O) groups is 1. The summed E-state index contributed by atoms with van der Waals surface area (Å²) in [5.41, 5.74) is 0.364. The highest BCUT2D eigenvalue weighted by molar-refractivity contribution is 6.45. The second-order valence-electron chi connectivity index (χ2n) is 3.72. The van der Waals surface area contributed by atoms with E-state index in [9.17, 15) is 4.79 Å². The molecule has 1 N–H and O–H groups in total. The first kappa shape index (κ1) is 15.1. The summed E-state index contributed by atoms with van der Waals surface area (Å²) < 4.78 is 9.88. The van der Waals surface area contributed by atoms with E-state index in [1.165, 1.54) is 14.2 Å².